The van der Waals surface area contributed by atoms with E-state index in [1.807, 2.05) is 18.2 Å². The van der Waals surface area contributed by atoms with Crippen molar-refractivity contribution in [3.8, 4) is 33.6 Å². The van der Waals surface area contributed by atoms with E-state index in [0.29, 0.717) is 0 Å². The third-order valence-electron chi connectivity index (χ3n) is 4.74. The highest BCUT2D eigenvalue weighted by Gasteiger charge is 2.26. The highest BCUT2D eigenvalue weighted by atomic mass is 28.3. The fourth-order valence-corrected chi connectivity index (χ4v) is 4.18. The maximum atomic E-state index is 5.13. The lowest BCUT2D eigenvalue weighted by atomic mass is 9.94. The van der Waals surface area contributed by atoms with Crippen LogP contribution < -0.4 is 5.45 Å². The molecule has 1 aromatic heterocycles. The monoisotopic (exact) mass is 380 g/mol. The summed E-state index contributed by atoms with van der Waals surface area (Å²) in [6, 6.07) is 31.4. The molecule has 28 heavy (non-hydrogen) atoms. The molecule has 2 nitrogen and oxygen atoms in total. The van der Waals surface area contributed by atoms with E-state index in [2.05, 4.69) is 92.4 Å². The number of hydrogen-bond donors (Lipinski definition) is 0. The molecule has 4 aromatic rings. The molecule has 3 heteroatoms. The molecule has 0 unspecified atom stereocenters. The normalized spacial score (nSPS) is 11.4. The first kappa shape index (κ1) is 18.3. The molecule has 0 fully saturated rings. The summed E-state index contributed by atoms with van der Waals surface area (Å²) in [5.41, 5.74) is 7.50. The third-order valence-corrected chi connectivity index (χ3v) is 6.30. The van der Waals surface area contributed by atoms with Crippen LogP contribution in [0.15, 0.2) is 91.0 Å². The summed E-state index contributed by atoms with van der Waals surface area (Å²) in [7, 11) is -1.71. The first-order valence-corrected chi connectivity index (χ1v) is 13.1. The zero-order valence-electron chi connectivity index (χ0n) is 16.6. The van der Waals surface area contributed by atoms with Crippen molar-refractivity contribution in [2.24, 2.45) is 0 Å². The molecule has 0 radical (unpaired) electrons. The Hall–Kier alpha value is -3.04. The second kappa shape index (κ2) is 7.53. The van der Waals surface area contributed by atoms with Gasteiger partial charge < -0.3 is 0 Å². The zero-order valence-corrected chi connectivity index (χ0v) is 17.6. The topological polar surface area (TPSA) is 25.8 Å². The number of hydrogen-bond acceptors (Lipinski definition) is 2. The Morgan fingerprint density at radius 2 is 0.857 bits per heavy atom. The van der Waals surface area contributed by atoms with Crippen LogP contribution in [0.25, 0.3) is 33.6 Å². The predicted molar refractivity (Wildman–Crippen MR) is 121 cm³/mol. The van der Waals surface area contributed by atoms with E-state index >= 15 is 0 Å². The minimum Gasteiger partial charge on any atom is -0.238 e. The van der Waals surface area contributed by atoms with Crippen molar-refractivity contribution >= 4 is 13.5 Å². The summed E-state index contributed by atoms with van der Waals surface area (Å²) in [4.78, 5) is 10.3. The van der Waals surface area contributed by atoms with Gasteiger partial charge in [0.2, 0.25) is 0 Å². The van der Waals surface area contributed by atoms with Crippen LogP contribution in [0.2, 0.25) is 19.6 Å². The molecular formula is C25H24N2Si. The van der Waals surface area contributed by atoms with Crippen LogP contribution in [-0.2, 0) is 0 Å². The molecule has 0 saturated carbocycles. The van der Waals surface area contributed by atoms with Gasteiger partial charge in [-0.1, -0.05) is 111 Å². The molecule has 0 bridgehead atoms. The molecule has 0 spiro atoms. The lowest BCUT2D eigenvalue weighted by Gasteiger charge is -2.21. The van der Waals surface area contributed by atoms with Crippen molar-refractivity contribution in [1.82, 2.24) is 9.97 Å². The van der Waals surface area contributed by atoms with Gasteiger partial charge in [0.05, 0.1) is 11.4 Å². The molecule has 0 aliphatic carbocycles. The molecule has 0 N–H and O–H groups in total. The number of aromatic nitrogens is 2. The fraction of sp³-hybridized carbons (Fsp3) is 0.120. The quantitative estimate of drug-likeness (QED) is 0.404. The van der Waals surface area contributed by atoms with Crippen molar-refractivity contribution < 1.29 is 0 Å². The Balaban J connectivity index is 2.11. The molecule has 3 aromatic carbocycles. The first-order chi connectivity index (χ1) is 13.5. The van der Waals surface area contributed by atoms with Crippen molar-refractivity contribution in [3.63, 3.8) is 0 Å². The van der Waals surface area contributed by atoms with Gasteiger partial charge in [-0.2, -0.15) is 0 Å². The summed E-state index contributed by atoms with van der Waals surface area (Å²) in [6.45, 7) is 6.90. The van der Waals surface area contributed by atoms with Crippen LogP contribution in [0.1, 0.15) is 0 Å². The van der Waals surface area contributed by atoms with Crippen molar-refractivity contribution in [2.75, 3.05) is 0 Å². The van der Waals surface area contributed by atoms with Crippen LogP contribution in [0.3, 0.4) is 0 Å². The summed E-state index contributed by atoms with van der Waals surface area (Å²) >= 11 is 0. The molecule has 0 atom stereocenters. The summed E-state index contributed by atoms with van der Waals surface area (Å²) in [5.74, 6) is 0. The lowest BCUT2D eigenvalue weighted by Crippen LogP contribution is -2.43. The summed E-state index contributed by atoms with van der Waals surface area (Å²) in [5, 5.41) is 0. The Bertz CT molecular complexity index is 1010. The SMILES string of the molecule is C[Si](C)(C)c1nc(-c2ccccc2)c(-c2ccccc2)c(-c2ccccc2)n1. The minimum atomic E-state index is -1.71. The second-order valence-electron chi connectivity index (χ2n) is 7.97. The van der Waals surface area contributed by atoms with Crippen LogP contribution in [0, 0.1) is 0 Å². The van der Waals surface area contributed by atoms with Gasteiger partial charge in [0.25, 0.3) is 0 Å². The van der Waals surface area contributed by atoms with Crippen molar-refractivity contribution in [2.45, 2.75) is 19.6 Å². The van der Waals surface area contributed by atoms with Crippen LogP contribution >= 0.6 is 0 Å². The van der Waals surface area contributed by atoms with E-state index in [4.69, 9.17) is 9.97 Å². The average molecular weight is 381 g/mol. The number of rotatable bonds is 4. The lowest BCUT2D eigenvalue weighted by molar-refractivity contribution is 1.22. The second-order valence-corrected chi connectivity index (χ2v) is 12.9. The van der Waals surface area contributed by atoms with Gasteiger partial charge in [-0.3, -0.25) is 0 Å². The van der Waals surface area contributed by atoms with E-state index in [1.165, 1.54) is 0 Å². The van der Waals surface area contributed by atoms with E-state index in [9.17, 15) is 0 Å². The molecule has 1 heterocycles. The standard InChI is InChI=1S/C25H24N2Si/c1-28(2,3)25-26-23(20-15-9-5-10-16-20)22(19-13-7-4-8-14-19)24(27-25)21-17-11-6-12-18-21/h4-18H,1-3H3. The molecule has 0 amide bonds. The van der Waals surface area contributed by atoms with Gasteiger partial charge in [0.1, 0.15) is 13.5 Å². The maximum absolute atomic E-state index is 5.13. The molecule has 0 saturated heterocycles. The van der Waals surface area contributed by atoms with Crippen LogP contribution in [0.5, 0.6) is 0 Å². The Labute approximate surface area is 168 Å². The van der Waals surface area contributed by atoms with Gasteiger partial charge in [-0.25, -0.2) is 9.97 Å². The molecule has 0 aliphatic rings. The highest BCUT2D eigenvalue weighted by Crippen LogP contribution is 2.37. The van der Waals surface area contributed by atoms with E-state index < -0.39 is 8.07 Å². The number of nitrogens with zero attached hydrogens (tertiary/aromatic N) is 2. The first-order valence-electron chi connectivity index (χ1n) is 9.63. The van der Waals surface area contributed by atoms with Gasteiger partial charge in [0, 0.05) is 16.7 Å². The molecule has 4 rings (SSSR count). The van der Waals surface area contributed by atoms with Gasteiger partial charge in [-0.15, -0.1) is 0 Å². The largest absolute Gasteiger partial charge is 0.238 e. The third kappa shape index (κ3) is 3.66. The van der Waals surface area contributed by atoms with Gasteiger partial charge >= 0.3 is 0 Å². The summed E-state index contributed by atoms with van der Waals surface area (Å²) < 4.78 is 0. The van der Waals surface area contributed by atoms with E-state index in [1.54, 1.807) is 0 Å². The maximum Gasteiger partial charge on any atom is 0.125 e. The van der Waals surface area contributed by atoms with Crippen LogP contribution in [-0.4, -0.2) is 18.0 Å². The van der Waals surface area contributed by atoms with E-state index in [-0.39, 0.29) is 0 Å². The van der Waals surface area contributed by atoms with Gasteiger partial charge in [0.15, 0.2) is 0 Å². The summed E-state index contributed by atoms with van der Waals surface area (Å²) in [6.07, 6.45) is 0. The molecule has 138 valence electrons. The number of benzene rings is 3. The smallest absolute Gasteiger partial charge is 0.125 e. The zero-order chi connectivity index (χ0) is 19.6. The fourth-order valence-electron chi connectivity index (χ4n) is 3.28. The van der Waals surface area contributed by atoms with Gasteiger partial charge in [-0.05, 0) is 5.56 Å². The van der Waals surface area contributed by atoms with Crippen LogP contribution in [0.4, 0.5) is 0 Å². The van der Waals surface area contributed by atoms with Crippen molar-refractivity contribution in [3.05, 3.63) is 91.0 Å². The molecule has 0 aliphatic heterocycles. The molecular weight excluding hydrogens is 356 g/mol. The predicted octanol–water partition coefficient (Wildman–Crippen LogP) is 6.02. The highest BCUT2D eigenvalue weighted by molar-refractivity contribution is 6.87. The Morgan fingerprint density at radius 3 is 1.21 bits per heavy atom. The average Bonchev–Trinajstić information content (AvgIpc) is 2.74. The Kier molecular flexibility index (Phi) is 4.93. The van der Waals surface area contributed by atoms with Crippen molar-refractivity contribution in [1.29, 1.82) is 0 Å². The Morgan fingerprint density at radius 1 is 0.500 bits per heavy atom. The minimum absolute atomic E-state index is 0.991. The van der Waals surface area contributed by atoms with E-state index in [0.717, 1.165) is 39.1 Å².